The average Bonchev–Trinajstić information content (AvgIpc) is 2.41. The second kappa shape index (κ2) is 11.5. The molecule has 0 rings (SSSR count). The number of rotatable bonds is 13. The van der Waals surface area contributed by atoms with Crippen molar-refractivity contribution < 1.29 is 5.11 Å². The van der Waals surface area contributed by atoms with Crippen molar-refractivity contribution in [3.63, 3.8) is 0 Å². The topological polar surface area (TPSA) is 38.7 Å². The Morgan fingerprint density at radius 2 is 1.70 bits per heavy atom. The number of likely N-dealkylation sites (N-methyl/N-ethyl adjacent to an activating group) is 2. The molecule has 0 spiro atoms. The molecule has 0 radical (unpaired) electrons. The Hall–Kier alpha value is -0.160. The largest absolute Gasteiger partial charge is 0.394 e. The van der Waals surface area contributed by atoms with E-state index in [0.29, 0.717) is 0 Å². The van der Waals surface area contributed by atoms with Crippen molar-refractivity contribution in [3.05, 3.63) is 0 Å². The van der Waals surface area contributed by atoms with Gasteiger partial charge in [-0.3, -0.25) is 0 Å². The van der Waals surface area contributed by atoms with E-state index in [2.05, 4.69) is 50.0 Å². The van der Waals surface area contributed by atoms with Crippen LogP contribution in [0.2, 0.25) is 0 Å². The van der Waals surface area contributed by atoms with Gasteiger partial charge in [0.15, 0.2) is 0 Å². The van der Waals surface area contributed by atoms with Gasteiger partial charge in [0, 0.05) is 18.6 Å². The summed E-state index contributed by atoms with van der Waals surface area (Å²) in [5, 5.41) is 12.9. The van der Waals surface area contributed by atoms with E-state index in [1.165, 1.54) is 32.4 Å². The number of aliphatic hydroxyl groups excluding tert-OH is 1. The van der Waals surface area contributed by atoms with E-state index in [0.717, 1.165) is 26.1 Å². The molecule has 0 heterocycles. The summed E-state index contributed by atoms with van der Waals surface area (Å²) in [6, 6.07) is 0. The third-order valence-corrected chi connectivity index (χ3v) is 3.81. The predicted molar refractivity (Wildman–Crippen MR) is 88.3 cm³/mol. The fourth-order valence-corrected chi connectivity index (χ4v) is 2.49. The molecule has 20 heavy (non-hydrogen) atoms. The Labute approximate surface area is 126 Å². The number of nitrogens with zero attached hydrogens (tertiary/aromatic N) is 2. The summed E-state index contributed by atoms with van der Waals surface area (Å²) in [6.45, 7) is 12.3. The first kappa shape index (κ1) is 19.8. The zero-order valence-corrected chi connectivity index (χ0v) is 14.4. The minimum absolute atomic E-state index is 0.103. The van der Waals surface area contributed by atoms with Gasteiger partial charge in [-0.25, -0.2) is 0 Å². The van der Waals surface area contributed by atoms with E-state index in [1.54, 1.807) is 0 Å². The number of unbranched alkanes of at least 4 members (excludes halogenated alkanes) is 1. The number of nitrogens with one attached hydrogen (secondary N) is 1. The zero-order valence-electron chi connectivity index (χ0n) is 14.4. The van der Waals surface area contributed by atoms with Gasteiger partial charge in [0.2, 0.25) is 0 Å². The zero-order chi connectivity index (χ0) is 15.4. The van der Waals surface area contributed by atoms with Crippen LogP contribution < -0.4 is 5.32 Å². The second-order valence-electron chi connectivity index (χ2n) is 6.35. The maximum atomic E-state index is 9.48. The molecule has 0 saturated heterocycles. The van der Waals surface area contributed by atoms with Crippen LogP contribution in [-0.2, 0) is 0 Å². The number of hydrogen-bond acceptors (Lipinski definition) is 4. The third kappa shape index (κ3) is 9.70. The molecule has 122 valence electrons. The van der Waals surface area contributed by atoms with Crippen LogP contribution in [0.25, 0.3) is 0 Å². The quantitative estimate of drug-likeness (QED) is 0.507. The maximum absolute atomic E-state index is 9.48. The van der Waals surface area contributed by atoms with Gasteiger partial charge in [-0.15, -0.1) is 0 Å². The van der Waals surface area contributed by atoms with Crippen LogP contribution in [0.5, 0.6) is 0 Å². The monoisotopic (exact) mass is 287 g/mol. The van der Waals surface area contributed by atoms with Gasteiger partial charge in [0.25, 0.3) is 0 Å². The molecule has 0 aromatic rings. The average molecular weight is 287 g/mol. The lowest BCUT2D eigenvalue weighted by molar-refractivity contribution is 0.161. The first-order valence-corrected chi connectivity index (χ1v) is 8.20. The molecule has 0 aromatic heterocycles. The number of aliphatic hydroxyl groups is 1. The first-order chi connectivity index (χ1) is 9.47. The summed E-state index contributed by atoms with van der Waals surface area (Å²) in [7, 11) is 4.26. The first-order valence-electron chi connectivity index (χ1n) is 8.20. The van der Waals surface area contributed by atoms with Gasteiger partial charge in [0.1, 0.15) is 0 Å². The SMILES string of the molecule is CCCN(CCCCC(C)(CO)NCC)CCN(C)C. The molecule has 0 aliphatic carbocycles. The van der Waals surface area contributed by atoms with Crippen LogP contribution in [-0.4, -0.2) is 73.9 Å². The molecule has 2 N–H and O–H groups in total. The molecule has 1 unspecified atom stereocenters. The molecule has 1 atom stereocenters. The van der Waals surface area contributed by atoms with Crippen molar-refractivity contribution in [3.8, 4) is 0 Å². The molecule has 4 heteroatoms. The van der Waals surface area contributed by atoms with Crippen molar-refractivity contribution in [2.24, 2.45) is 0 Å². The maximum Gasteiger partial charge on any atom is 0.0610 e. The molecule has 4 nitrogen and oxygen atoms in total. The van der Waals surface area contributed by atoms with E-state index in [9.17, 15) is 5.11 Å². The molecule has 0 aromatic carbocycles. The van der Waals surface area contributed by atoms with Crippen LogP contribution in [0.3, 0.4) is 0 Å². The molecular weight excluding hydrogens is 250 g/mol. The molecule has 0 bridgehead atoms. The molecule has 0 saturated carbocycles. The van der Waals surface area contributed by atoms with Crippen molar-refractivity contribution in [2.45, 2.75) is 52.0 Å². The normalized spacial score (nSPS) is 15.0. The van der Waals surface area contributed by atoms with Gasteiger partial charge in [0.05, 0.1) is 6.61 Å². The van der Waals surface area contributed by atoms with Gasteiger partial charge < -0.3 is 20.2 Å². The summed E-state index contributed by atoms with van der Waals surface area (Å²) in [4.78, 5) is 4.81. The van der Waals surface area contributed by atoms with Crippen molar-refractivity contribution in [2.75, 3.05) is 53.4 Å². The predicted octanol–water partition coefficient (Wildman–Crippen LogP) is 1.79. The van der Waals surface area contributed by atoms with E-state index in [-0.39, 0.29) is 12.1 Å². The molecular formula is C16H37N3O. The summed E-state index contributed by atoms with van der Waals surface area (Å²) < 4.78 is 0. The minimum atomic E-state index is -0.103. The summed E-state index contributed by atoms with van der Waals surface area (Å²) in [5.41, 5.74) is -0.103. The Kier molecular flexibility index (Phi) is 11.4. The Morgan fingerprint density at radius 1 is 1.00 bits per heavy atom. The van der Waals surface area contributed by atoms with Crippen molar-refractivity contribution >= 4 is 0 Å². The highest BCUT2D eigenvalue weighted by Gasteiger charge is 2.20. The molecule has 0 aliphatic heterocycles. The summed E-state index contributed by atoms with van der Waals surface area (Å²) in [6.07, 6.45) is 4.66. The Balaban J connectivity index is 3.92. The van der Waals surface area contributed by atoms with Crippen LogP contribution >= 0.6 is 0 Å². The summed E-state index contributed by atoms with van der Waals surface area (Å²) in [5.74, 6) is 0. The van der Waals surface area contributed by atoms with Crippen LogP contribution in [0.1, 0.15) is 46.5 Å². The van der Waals surface area contributed by atoms with Gasteiger partial charge >= 0.3 is 0 Å². The molecule has 0 aliphatic rings. The van der Waals surface area contributed by atoms with Gasteiger partial charge in [-0.05, 0) is 59.9 Å². The lowest BCUT2D eigenvalue weighted by Gasteiger charge is -2.29. The lowest BCUT2D eigenvalue weighted by Crippen LogP contribution is -2.45. The van der Waals surface area contributed by atoms with E-state index < -0.39 is 0 Å². The van der Waals surface area contributed by atoms with E-state index in [1.807, 2.05) is 0 Å². The Morgan fingerprint density at radius 3 is 2.20 bits per heavy atom. The van der Waals surface area contributed by atoms with Crippen LogP contribution in [0, 0.1) is 0 Å². The lowest BCUT2D eigenvalue weighted by atomic mass is 9.95. The molecule has 0 fully saturated rings. The fourth-order valence-electron chi connectivity index (χ4n) is 2.49. The highest BCUT2D eigenvalue weighted by molar-refractivity contribution is 4.81. The highest BCUT2D eigenvalue weighted by Crippen LogP contribution is 2.13. The van der Waals surface area contributed by atoms with Crippen molar-refractivity contribution in [1.82, 2.24) is 15.1 Å². The summed E-state index contributed by atoms with van der Waals surface area (Å²) >= 11 is 0. The Bertz CT molecular complexity index is 224. The van der Waals surface area contributed by atoms with E-state index in [4.69, 9.17) is 0 Å². The second-order valence-corrected chi connectivity index (χ2v) is 6.35. The smallest absolute Gasteiger partial charge is 0.0610 e. The van der Waals surface area contributed by atoms with Crippen molar-refractivity contribution in [1.29, 1.82) is 0 Å². The van der Waals surface area contributed by atoms with Crippen LogP contribution in [0.15, 0.2) is 0 Å². The van der Waals surface area contributed by atoms with Gasteiger partial charge in [-0.1, -0.05) is 20.3 Å². The number of hydrogen-bond donors (Lipinski definition) is 2. The highest BCUT2D eigenvalue weighted by atomic mass is 16.3. The van der Waals surface area contributed by atoms with E-state index >= 15 is 0 Å². The fraction of sp³-hybridized carbons (Fsp3) is 1.00. The standard InChI is InChI=1S/C16H37N3O/c1-6-11-19(14-13-18(4)5)12-9-8-10-16(3,15-20)17-7-2/h17,20H,6-15H2,1-5H3. The third-order valence-electron chi connectivity index (χ3n) is 3.81. The minimum Gasteiger partial charge on any atom is -0.394 e. The van der Waals surface area contributed by atoms with Gasteiger partial charge in [-0.2, -0.15) is 0 Å². The van der Waals surface area contributed by atoms with Crippen LogP contribution in [0.4, 0.5) is 0 Å². The molecule has 0 amide bonds.